The number of hydrogen-bond donors (Lipinski definition) is 0. The van der Waals surface area contributed by atoms with E-state index < -0.39 is 0 Å². The molecule has 1 fully saturated rings. The summed E-state index contributed by atoms with van der Waals surface area (Å²) in [7, 11) is 1.78. The molecule has 2 aromatic heterocycles. The largest absolute Gasteiger partial charge is 0.371 e. The second-order valence-corrected chi connectivity index (χ2v) is 5.61. The first-order chi connectivity index (χ1) is 10.7. The van der Waals surface area contributed by atoms with Crippen molar-refractivity contribution in [3.05, 3.63) is 59.1 Å². The van der Waals surface area contributed by atoms with Gasteiger partial charge in [-0.3, -0.25) is 14.8 Å². The predicted octanol–water partition coefficient (Wildman–Crippen LogP) is 2.73. The van der Waals surface area contributed by atoms with Gasteiger partial charge in [0.2, 0.25) is 0 Å². The molecule has 0 bridgehead atoms. The average Bonchev–Trinajstić information content (AvgIpc) is 3.04. The van der Waals surface area contributed by atoms with Gasteiger partial charge < -0.3 is 9.64 Å². The van der Waals surface area contributed by atoms with Crippen LogP contribution in [0.25, 0.3) is 0 Å². The molecule has 0 N–H and O–H groups in total. The normalized spacial score (nSPS) is 20.8. The first-order valence-corrected chi connectivity index (χ1v) is 7.44. The Morgan fingerprint density at radius 2 is 2.14 bits per heavy atom. The maximum absolute atomic E-state index is 12.7. The van der Waals surface area contributed by atoms with Crippen molar-refractivity contribution in [1.82, 2.24) is 14.9 Å². The molecule has 0 radical (unpaired) electrons. The maximum Gasteiger partial charge on any atom is 0.255 e. The lowest BCUT2D eigenvalue weighted by atomic mass is 10.0. The fourth-order valence-electron chi connectivity index (χ4n) is 2.73. The number of halogens is 1. The third kappa shape index (κ3) is 2.82. The summed E-state index contributed by atoms with van der Waals surface area (Å²) >= 11 is 6.07. The maximum atomic E-state index is 12.7. The third-order valence-corrected chi connectivity index (χ3v) is 4.20. The molecular weight excluding hydrogens is 302 g/mol. The fraction of sp³-hybridized carbons (Fsp3) is 0.312. The monoisotopic (exact) mass is 317 g/mol. The van der Waals surface area contributed by atoms with Crippen molar-refractivity contribution in [2.45, 2.75) is 18.6 Å². The highest BCUT2D eigenvalue weighted by Crippen LogP contribution is 2.33. The van der Waals surface area contributed by atoms with E-state index in [0.29, 0.717) is 17.2 Å². The first kappa shape index (κ1) is 14.9. The Morgan fingerprint density at radius 3 is 2.86 bits per heavy atom. The molecule has 1 aliphatic rings. The van der Waals surface area contributed by atoms with Gasteiger partial charge in [0.15, 0.2) is 0 Å². The van der Waals surface area contributed by atoms with E-state index in [2.05, 4.69) is 9.97 Å². The Kier molecular flexibility index (Phi) is 4.36. The first-order valence-electron chi connectivity index (χ1n) is 7.06. The van der Waals surface area contributed by atoms with Crippen molar-refractivity contribution in [3.8, 4) is 0 Å². The topological polar surface area (TPSA) is 55.3 Å². The van der Waals surface area contributed by atoms with Gasteiger partial charge >= 0.3 is 0 Å². The zero-order valence-corrected chi connectivity index (χ0v) is 12.9. The van der Waals surface area contributed by atoms with Crippen LogP contribution in [0.3, 0.4) is 0 Å². The summed E-state index contributed by atoms with van der Waals surface area (Å²) in [6.07, 6.45) is 7.16. The number of aromatic nitrogens is 2. The summed E-state index contributed by atoms with van der Waals surface area (Å²) in [6, 6.07) is 5.43. The summed E-state index contributed by atoms with van der Waals surface area (Å²) in [6.45, 7) is 0.617. The van der Waals surface area contributed by atoms with Crippen molar-refractivity contribution >= 4 is 17.5 Å². The number of pyridine rings is 2. The van der Waals surface area contributed by atoms with E-state index in [1.54, 1.807) is 36.6 Å². The lowest BCUT2D eigenvalue weighted by Crippen LogP contribution is -2.39. The van der Waals surface area contributed by atoms with Crippen LogP contribution in [0.2, 0.25) is 5.02 Å². The quantitative estimate of drug-likeness (QED) is 0.873. The summed E-state index contributed by atoms with van der Waals surface area (Å²) in [5.41, 5.74) is 1.43. The highest BCUT2D eigenvalue weighted by molar-refractivity contribution is 6.33. The van der Waals surface area contributed by atoms with Crippen molar-refractivity contribution in [1.29, 1.82) is 0 Å². The Morgan fingerprint density at radius 1 is 1.32 bits per heavy atom. The number of ether oxygens (including phenoxy) is 1. The van der Waals surface area contributed by atoms with Crippen LogP contribution in [0.1, 0.15) is 28.4 Å². The molecule has 0 saturated carbocycles. The zero-order chi connectivity index (χ0) is 15.5. The van der Waals surface area contributed by atoms with Gasteiger partial charge in [-0.1, -0.05) is 17.7 Å². The number of amides is 1. The summed E-state index contributed by atoms with van der Waals surface area (Å²) in [5, 5.41) is 0.358. The minimum atomic E-state index is -0.164. The number of rotatable bonds is 3. The number of likely N-dealkylation sites (N-methyl/N-ethyl adjacent to an activating group) is 1. The van der Waals surface area contributed by atoms with Gasteiger partial charge in [-0.15, -0.1) is 0 Å². The minimum absolute atomic E-state index is 0.0408. The molecule has 0 spiro atoms. The van der Waals surface area contributed by atoms with Gasteiger partial charge in [-0.25, -0.2) is 0 Å². The molecule has 3 heterocycles. The number of carbonyl (C=O) groups excluding carboxylic acids is 1. The molecule has 2 atom stereocenters. The van der Waals surface area contributed by atoms with E-state index in [-0.39, 0.29) is 18.1 Å². The van der Waals surface area contributed by atoms with Crippen LogP contribution in [0, 0.1) is 0 Å². The summed E-state index contributed by atoms with van der Waals surface area (Å²) in [5.74, 6) is -0.128. The predicted molar refractivity (Wildman–Crippen MR) is 82.7 cm³/mol. The van der Waals surface area contributed by atoms with Gasteiger partial charge in [0.1, 0.15) is 6.10 Å². The number of hydrogen-bond acceptors (Lipinski definition) is 4. The van der Waals surface area contributed by atoms with Crippen molar-refractivity contribution < 1.29 is 9.53 Å². The molecule has 1 amide bonds. The molecule has 0 aromatic carbocycles. The molecule has 0 aliphatic carbocycles. The third-order valence-electron chi connectivity index (χ3n) is 3.89. The van der Waals surface area contributed by atoms with Crippen molar-refractivity contribution in [3.63, 3.8) is 0 Å². The molecule has 2 aromatic rings. The molecule has 5 nitrogen and oxygen atoms in total. The van der Waals surface area contributed by atoms with Gasteiger partial charge in [0.25, 0.3) is 5.91 Å². The second kappa shape index (κ2) is 6.42. The van der Waals surface area contributed by atoms with Crippen molar-refractivity contribution in [2.75, 3.05) is 13.7 Å². The van der Waals surface area contributed by atoms with Gasteiger partial charge in [-0.2, -0.15) is 0 Å². The molecule has 1 aliphatic heterocycles. The van der Waals surface area contributed by atoms with Crippen LogP contribution in [-0.4, -0.2) is 40.5 Å². The van der Waals surface area contributed by atoms with E-state index >= 15 is 0 Å². The number of nitrogens with zero attached hydrogens (tertiary/aromatic N) is 3. The standard InChI is InChI=1S/C16H16ClN3O2/c1-20(16(21)12-4-7-19-10-13(12)17)14-5-8-22-15(14)11-3-2-6-18-9-11/h2-4,6-7,9-10,14-15H,5,8H2,1H3/t14-,15+/m0/s1. The van der Waals surface area contributed by atoms with Crippen LogP contribution >= 0.6 is 11.6 Å². The average molecular weight is 318 g/mol. The molecule has 3 rings (SSSR count). The van der Waals surface area contributed by atoms with Crippen LogP contribution in [-0.2, 0) is 4.74 Å². The second-order valence-electron chi connectivity index (χ2n) is 5.21. The van der Waals surface area contributed by atoms with E-state index in [0.717, 1.165) is 12.0 Å². The van der Waals surface area contributed by atoms with E-state index in [9.17, 15) is 4.79 Å². The lowest BCUT2D eigenvalue weighted by molar-refractivity contribution is 0.0515. The van der Waals surface area contributed by atoms with Crippen LogP contribution < -0.4 is 0 Å². The lowest BCUT2D eigenvalue weighted by Gasteiger charge is -2.29. The Labute approximate surface area is 133 Å². The Hall–Kier alpha value is -1.98. The molecule has 6 heteroatoms. The summed E-state index contributed by atoms with van der Waals surface area (Å²) in [4.78, 5) is 22.4. The fourth-order valence-corrected chi connectivity index (χ4v) is 2.93. The Balaban J connectivity index is 1.83. The van der Waals surface area contributed by atoms with Crippen LogP contribution in [0.5, 0.6) is 0 Å². The van der Waals surface area contributed by atoms with E-state index in [1.807, 2.05) is 12.1 Å². The molecule has 22 heavy (non-hydrogen) atoms. The SMILES string of the molecule is CN(C(=O)c1ccncc1Cl)[C@H]1CCO[C@@H]1c1cccnc1. The van der Waals surface area contributed by atoms with Crippen LogP contribution in [0.15, 0.2) is 43.0 Å². The van der Waals surface area contributed by atoms with Crippen LogP contribution in [0.4, 0.5) is 0 Å². The molecule has 0 unspecified atom stereocenters. The molecule has 114 valence electrons. The van der Waals surface area contributed by atoms with Crippen molar-refractivity contribution in [2.24, 2.45) is 0 Å². The van der Waals surface area contributed by atoms with Gasteiger partial charge in [0, 0.05) is 44.0 Å². The highest BCUT2D eigenvalue weighted by Gasteiger charge is 2.35. The number of carbonyl (C=O) groups is 1. The van der Waals surface area contributed by atoms with Gasteiger partial charge in [-0.05, 0) is 18.6 Å². The smallest absolute Gasteiger partial charge is 0.255 e. The Bertz CT molecular complexity index is 665. The minimum Gasteiger partial charge on any atom is -0.371 e. The van der Waals surface area contributed by atoms with E-state index in [4.69, 9.17) is 16.3 Å². The van der Waals surface area contributed by atoms with E-state index in [1.165, 1.54) is 6.20 Å². The zero-order valence-electron chi connectivity index (χ0n) is 12.1. The highest BCUT2D eigenvalue weighted by atomic mass is 35.5. The molecular formula is C16H16ClN3O2. The molecule has 1 saturated heterocycles. The summed E-state index contributed by atoms with van der Waals surface area (Å²) < 4.78 is 5.81. The van der Waals surface area contributed by atoms with Gasteiger partial charge in [0.05, 0.1) is 16.6 Å².